The molecule has 0 spiro atoms. The number of thioether (sulfide) groups is 2. The van der Waals surface area contributed by atoms with Gasteiger partial charge >= 0.3 is 5.97 Å². The molecular formula is C15H26O2S2. The third-order valence-corrected chi connectivity index (χ3v) is 4.32. The van der Waals surface area contributed by atoms with Crippen LogP contribution in [0.2, 0.25) is 0 Å². The van der Waals surface area contributed by atoms with Crippen LogP contribution in [0.25, 0.3) is 0 Å². The molecule has 2 nitrogen and oxygen atoms in total. The third-order valence-electron chi connectivity index (χ3n) is 2.59. The highest BCUT2D eigenvalue weighted by atomic mass is 32.2. The minimum atomic E-state index is -0.764. The van der Waals surface area contributed by atoms with Crippen molar-refractivity contribution in [3.8, 4) is 11.8 Å². The molecule has 4 heteroatoms. The van der Waals surface area contributed by atoms with Crippen LogP contribution >= 0.6 is 23.5 Å². The molecule has 110 valence electrons. The first kappa shape index (κ1) is 18.7. The lowest BCUT2D eigenvalue weighted by Crippen LogP contribution is -1.97. The fourth-order valence-electron chi connectivity index (χ4n) is 1.58. The van der Waals surface area contributed by atoms with Crippen molar-refractivity contribution < 1.29 is 9.90 Å². The van der Waals surface area contributed by atoms with E-state index in [9.17, 15) is 4.79 Å². The first-order valence-electron chi connectivity index (χ1n) is 7.10. The van der Waals surface area contributed by atoms with Crippen LogP contribution in [0.4, 0.5) is 0 Å². The van der Waals surface area contributed by atoms with Gasteiger partial charge in [0.25, 0.3) is 0 Å². The third kappa shape index (κ3) is 17.7. The number of hydrogen-bond donors (Lipinski definition) is 1. The molecule has 0 amide bonds. The fraction of sp³-hybridized carbons (Fsp3) is 0.800. The number of aliphatic carboxylic acids is 1. The molecule has 0 saturated carbocycles. The molecule has 0 bridgehead atoms. The standard InChI is InChI=1S/C15H26O2S2/c1-2-3-4-5-6-7-8-11-18-12-9-10-13-19-14-15(16)17/h2-8,11-14H2,1H3,(H,16,17). The molecule has 0 aromatic heterocycles. The van der Waals surface area contributed by atoms with Gasteiger partial charge in [0.1, 0.15) is 0 Å². The molecule has 19 heavy (non-hydrogen) atoms. The van der Waals surface area contributed by atoms with Crippen LogP contribution in [0, 0.1) is 11.8 Å². The smallest absolute Gasteiger partial charge is 0.313 e. The minimum absolute atomic E-state index is 0.153. The number of rotatable bonds is 12. The maximum Gasteiger partial charge on any atom is 0.313 e. The summed E-state index contributed by atoms with van der Waals surface area (Å²) in [4.78, 5) is 10.2. The Hall–Kier alpha value is -0.270. The van der Waals surface area contributed by atoms with Gasteiger partial charge < -0.3 is 5.11 Å². The minimum Gasteiger partial charge on any atom is -0.481 e. The number of carboxylic acids is 1. The highest BCUT2D eigenvalue weighted by Crippen LogP contribution is 2.10. The van der Waals surface area contributed by atoms with E-state index in [1.54, 1.807) is 0 Å². The van der Waals surface area contributed by atoms with Gasteiger partial charge in [-0.25, -0.2) is 0 Å². The Morgan fingerprint density at radius 3 is 2.16 bits per heavy atom. The molecular weight excluding hydrogens is 276 g/mol. The predicted octanol–water partition coefficient (Wildman–Crippen LogP) is 4.29. The number of hydrogen-bond acceptors (Lipinski definition) is 3. The van der Waals surface area contributed by atoms with Gasteiger partial charge in [0.15, 0.2) is 0 Å². The normalized spacial score (nSPS) is 9.95. The summed E-state index contributed by atoms with van der Waals surface area (Å²) in [5.41, 5.74) is 0. The zero-order valence-electron chi connectivity index (χ0n) is 12.0. The molecule has 0 aromatic rings. The van der Waals surface area contributed by atoms with Crippen molar-refractivity contribution in [2.75, 3.05) is 23.0 Å². The first-order valence-corrected chi connectivity index (χ1v) is 9.41. The Morgan fingerprint density at radius 1 is 0.947 bits per heavy atom. The molecule has 0 aliphatic rings. The Morgan fingerprint density at radius 2 is 1.53 bits per heavy atom. The van der Waals surface area contributed by atoms with Gasteiger partial charge in [0.2, 0.25) is 0 Å². The Kier molecular flexibility index (Phi) is 15.6. The van der Waals surface area contributed by atoms with Gasteiger partial charge in [-0.05, 0) is 12.2 Å². The predicted molar refractivity (Wildman–Crippen MR) is 88.1 cm³/mol. The highest BCUT2D eigenvalue weighted by Gasteiger charge is 1.93. The molecule has 0 unspecified atom stereocenters. The monoisotopic (exact) mass is 302 g/mol. The highest BCUT2D eigenvalue weighted by molar-refractivity contribution is 8.00. The molecule has 0 fully saturated rings. The van der Waals surface area contributed by atoms with E-state index < -0.39 is 5.97 Å². The van der Waals surface area contributed by atoms with E-state index in [1.807, 2.05) is 11.8 Å². The molecule has 0 radical (unpaired) electrons. The zero-order valence-corrected chi connectivity index (χ0v) is 13.6. The molecule has 0 saturated heterocycles. The van der Waals surface area contributed by atoms with Gasteiger partial charge in [-0.1, -0.05) is 57.3 Å². The lowest BCUT2D eigenvalue weighted by molar-refractivity contribution is -0.133. The Labute approximate surface area is 126 Å². The van der Waals surface area contributed by atoms with Crippen molar-refractivity contribution in [2.24, 2.45) is 0 Å². The van der Waals surface area contributed by atoms with Crippen molar-refractivity contribution in [1.29, 1.82) is 0 Å². The summed E-state index contributed by atoms with van der Waals surface area (Å²) >= 11 is 3.25. The topological polar surface area (TPSA) is 37.3 Å². The summed E-state index contributed by atoms with van der Waals surface area (Å²) in [7, 11) is 0. The van der Waals surface area contributed by atoms with E-state index in [4.69, 9.17) is 5.11 Å². The zero-order chi connectivity index (χ0) is 14.2. The summed E-state index contributed by atoms with van der Waals surface area (Å²) in [6.45, 7) is 2.25. The van der Waals surface area contributed by atoms with E-state index in [0.717, 1.165) is 5.75 Å². The number of carboxylic acid groups (broad SMARTS) is 1. The Bertz CT molecular complexity index is 269. The second-order valence-electron chi connectivity index (χ2n) is 4.41. The average molecular weight is 303 g/mol. The van der Waals surface area contributed by atoms with Gasteiger partial charge in [-0.2, -0.15) is 0 Å². The molecule has 0 aromatic carbocycles. The fourth-order valence-corrected chi connectivity index (χ4v) is 2.81. The number of unbranched alkanes of at least 4 members (excludes halogenated alkanes) is 6. The van der Waals surface area contributed by atoms with E-state index in [-0.39, 0.29) is 5.75 Å². The first-order chi connectivity index (χ1) is 9.27. The quantitative estimate of drug-likeness (QED) is 0.431. The van der Waals surface area contributed by atoms with Crippen LogP contribution in [0.3, 0.4) is 0 Å². The largest absolute Gasteiger partial charge is 0.481 e. The summed E-state index contributed by atoms with van der Waals surface area (Å²) in [6, 6.07) is 0. The van der Waals surface area contributed by atoms with Crippen molar-refractivity contribution >= 4 is 29.5 Å². The van der Waals surface area contributed by atoms with Crippen LogP contribution in [-0.4, -0.2) is 34.1 Å². The summed E-state index contributed by atoms with van der Waals surface area (Å²) < 4.78 is 0. The van der Waals surface area contributed by atoms with Crippen LogP contribution in [0.1, 0.15) is 51.9 Å². The lowest BCUT2D eigenvalue weighted by atomic mass is 10.1. The van der Waals surface area contributed by atoms with E-state index in [1.165, 1.54) is 62.5 Å². The van der Waals surface area contributed by atoms with Crippen LogP contribution in [0.5, 0.6) is 0 Å². The van der Waals surface area contributed by atoms with Crippen LogP contribution in [0.15, 0.2) is 0 Å². The average Bonchev–Trinajstić information content (AvgIpc) is 2.39. The maximum absolute atomic E-state index is 10.2. The van der Waals surface area contributed by atoms with Crippen LogP contribution in [-0.2, 0) is 4.79 Å². The van der Waals surface area contributed by atoms with Crippen LogP contribution < -0.4 is 0 Å². The second-order valence-corrected chi connectivity index (χ2v) is 6.50. The van der Waals surface area contributed by atoms with Gasteiger partial charge in [-0.3, -0.25) is 4.79 Å². The SMILES string of the molecule is CCCCCCCCCSCC#CCSCC(=O)O. The molecule has 0 rings (SSSR count). The van der Waals surface area contributed by atoms with Crippen molar-refractivity contribution in [3.05, 3.63) is 0 Å². The van der Waals surface area contributed by atoms with Gasteiger partial charge in [-0.15, -0.1) is 23.5 Å². The summed E-state index contributed by atoms with van der Waals surface area (Å²) in [6.07, 6.45) is 9.49. The van der Waals surface area contributed by atoms with Crippen molar-refractivity contribution in [3.63, 3.8) is 0 Å². The molecule has 1 N–H and O–H groups in total. The van der Waals surface area contributed by atoms with E-state index in [2.05, 4.69) is 18.8 Å². The summed E-state index contributed by atoms with van der Waals surface area (Å²) in [5.74, 6) is 8.17. The van der Waals surface area contributed by atoms with E-state index >= 15 is 0 Å². The molecule has 0 atom stereocenters. The van der Waals surface area contributed by atoms with E-state index in [0.29, 0.717) is 5.75 Å². The second kappa shape index (κ2) is 15.8. The Balaban J connectivity index is 3.10. The van der Waals surface area contributed by atoms with Crippen molar-refractivity contribution in [1.82, 2.24) is 0 Å². The van der Waals surface area contributed by atoms with Crippen molar-refractivity contribution in [2.45, 2.75) is 51.9 Å². The van der Waals surface area contributed by atoms with Gasteiger partial charge in [0, 0.05) is 0 Å². The number of carbonyl (C=O) groups is 1. The maximum atomic E-state index is 10.2. The molecule has 0 aliphatic carbocycles. The summed E-state index contributed by atoms with van der Waals surface area (Å²) in [5, 5.41) is 8.43. The molecule has 0 aliphatic heterocycles. The lowest BCUT2D eigenvalue weighted by Gasteiger charge is -2.00. The molecule has 0 heterocycles. The van der Waals surface area contributed by atoms with Gasteiger partial charge in [0.05, 0.1) is 17.3 Å².